The standard InChI is InChI=1S/C34H62N3O2/c1-25(8-13-32(39)35-18-7-19-37(6)22-20-36(4,5)21-23-37)29-11-12-30-28-10-9-26-24-27(38)14-16-33(26,2)31(28)15-17-34(29,30)3/h25-31,38H,7-24H2,1-6H3/q+1/p+1/t25-,26-,27-,28+,29-,30+,31+,33+,34-/m1/s1. The zero-order chi connectivity index (χ0) is 28.1. The lowest BCUT2D eigenvalue weighted by Gasteiger charge is -2.61. The first-order chi connectivity index (χ1) is 18.4. The van der Waals surface area contributed by atoms with Gasteiger partial charge in [-0.15, -0.1) is 0 Å². The molecule has 5 rings (SSSR count). The third kappa shape index (κ3) is 5.98. The molecule has 9 atom stereocenters. The molecule has 224 valence electrons. The number of carbonyl (C=O) groups is 1. The van der Waals surface area contributed by atoms with E-state index in [1.807, 2.05) is 0 Å². The molecule has 0 radical (unpaired) electrons. The minimum absolute atomic E-state index is 0.0474. The predicted molar refractivity (Wildman–Crippen MR) is 160 cm³/mol. The third-order valence-corrected chi connectivity index (χ3v) is 13.9. The molecular weight excluding hydrogens is 482 g/mol. The summed E-state index contributed by atoms with van der Waals surface area (Å²) >= 11 is 0. The van der Waals surface area contributed by atoms with Gasteiger partial charge in [0, 0.05) is 19.4 Å². The maximum atomic E-state index is 12.8. The van der Waals surface area contributed by atoms with Gasteiger partial charge in [0.1, 0.15) is 26.2 Å². The molecule has 5 aliphatic rings. The van der Waals surface area contributed by atoms with Crippen molar-refractivity contribution in [2.24, 2.45) is 46.3 Å². The molecule has 5 heteroatoms. The number of hydrogen-bond donors (Lipinski definition) is 2. The molecule has 0 spiro atoms. The first-order valence-corrected chi connectivity index (χ1v) is 17.0. The molecule has 1 aliphatic heterocycles. The van der Waals surface area contributed by atoms with E-state index >= 15 is 0 Å². The van der Waals surface area contributed by atoms with Crippen LogP contribution in [0, 0.1) is 46.3 Å². The van der Waals surface area contributed by atoms with Crippen molar-refractivity contribution in [1.29, 1.82) is 0 Å². The second-order valence-corrected chi connectivity index (χ2v) is 16.7. The number of likely N-dealkylation sites (N-methyl/N-ethyl adjacent to an activating group) is 2. The quantitative estimate of drug-likeness (QED) is 0.314. The van der Waals surface area contributed by atoms with Crippen LogP contribution in [0.4, 0.5) is 0 Å². The second-order valence-electron chi connectivity index (χ2n) is 16.7. The number of carbonyl (C=O) groups excluding carboxylic acids is 1. The number of nitrogens with one attached hydrogen (secondary N) is 1. The predicted octanol–water partition coefficient (Wildman–Crippen LogP) is 5.47. The summed E-state index contributed by atoms with van der Waals surface area (Å²) in [7, 11) is 7.09. The summed E-state index contributed by atoms with van der Waals surface area (Å²) < 4.78 is 2.31. The molecule has 0 unspecified atom stereocenters. The fourth-order valence-electron chi connectivity index (χ4n) is 11.0. The average Bonchev–Trinajstić information content (AvgIpc) is 3.25. The Hall–Kier alpha value is -0.650. The van der Waals surface area contributed by atoms with Crippen LogP contribution in [0.3, 0.4) is 0 Å². The van der Waals surface area contributed by atoms with Gasteiger partial charge < -0.3 is 19.4 Å². The first kappa shape index (κ1) is 29.8. The third-order valence-electron chi connectivity index (χ3n) is 13.9. The van der Waals surface area contributed by atoms with Gasteiger partial charge in [0.25, 0.3) is 0 Å². The number of quaternary nitrogens is 2. The molecular formula is C34H63N3O2+2. The van der Waals surface area contributed by atoms with E-state index in [2.05, 4.69) is 47.2 Å². The first-order valence-electron chi connectivity index (χ1n) is 17.0. The van der Waals surface area contributed by atoms with E-state index in [0.717, 1.165) is 66.3 Å². The van der Waals surface area contributed by atoms with E-state index in [0.29, 0.717) is 23.2 Å². The molecule has 2 N–H and O–H groups in total. The van der Waals surface area contributed by atoms with E-state index in [-0.39, 0.29) is 12.0 Å². The Morgan fingerprint density at radius 3 is 2.36 bits per heavy atom. The van der Waals surface area contributed by atoms with Gasteiger partial charge in [-0.3, -0.25) is 4.79 Å². The topological polar surface area (TPSA) is 49.3 Å². The number of aliphatic hydroxyl groups excluding tert-OH is 1. The Balaban J connectivity index is 1.07. The van der Waals surface area contributed by atoms with Crippen molar-refractivity contribution < 1.29 is 18.9 Å². The lowest BCUT2D eigenvalue weighted by Crippen LogP contribution is -2.62. The van der Waals surface area contributed by atoms with Crippen molar-refractivity contribution in [3.8, 4) is 0 Å². The van der Waals surface area contributed by atoms with Gasteiger partial charge in [-0.25, -0.2) is 0 Å². The summed E-state index contributed by atoms with van der Waals surface area (Å²) in [6, 6.07) is 0. The van der Waals surface area contributed by atoms with Crippen LogP contribution in [0.5, 0.6) is 0 Å². The molecule has 0 aromatic carbocycles. The number of amides is 1. The van der Waals surface area contributed by atoms with E-state index in [4.69, 9.17) is 0 Å². The summed E-state index contributed by atoms with van der Waals surface area (Å²) in [5.41, 5.74) is 0.934. The molecule has 1 amide bonds. The smallest absolute Gasteiger partial charge is 0.220 e. The monoisotopic (exact) mass is 545 g/mol. The van der Waals surface area contributed by atoms with Crippen molar-refractivity contribution in [3.05, 3.63) is 0 Å². The van der Waals surface area contributed by atoms with Crippen LogP contribution in [0.1, 0.15) is 97.8 Å². The summed E-state index contributed by atoms with van der Waals surface area (Å²) in [5.74, 6) is 5.09. The van der Waals surface area contributed by atoms with Crippen molar-refractivity contribution in [2.75, 3.05) is 60.4 Å². The van der Waals surface area contributed by atoms with Crippen LogP contribution < -0.4 is 5.32 Å². The van der Waals surface area contributed by atoms with Gasteiger partial charge in [-0.05, 0) is 111 Å². The van der Waals surface area contributed by atoms with Crippen molar-refractivity contribution in [1.82, 2.24) is 5.32 Å². The van der Waals surface area contributed by atoms with Crippen molar-refractivity contribution in [2.45, 2.75) is 104 Å². The van der Waals surface area contributed by atoms with E-state index in [1.54, 1.807) is 0 Å². The van der Waals surface area contributed by atoms with Crippen LogP contribution in [-0.2, 0) is 4.79 Å². The summed E-state index contributed by atoms with van der Waals surface area (Å²) in [6.45, 7) is 14.7. The van der Waals surface area contributed by atoms with Crippen molar-refractivity contribution in [3.63, 3.8) is 0 Å². The van der Waals surface area contributed by atoms with Crippen LogP contribution in [-0.4, -0.2) is 86.5 Å². The zero-order valence-electron chi connectivity index (χ0n) is 26.5. The Morgan fingerprint density at radius 1 is 0.923 bits per heavy atom. The van der Waals surface area contributed by atoms with E-state index in [1.165, 1.54) is 82.2 Å². The highest BCUT2D eigenvalue weighted by atomic mass is 16.3. The molecule has 4 aliphatic carbocycles. The van der Waals surface area contributed by atoms with Crippen LogP contribution in [0.2, 0.25) is 0 Å². The fourth-order valence-corrected chi connectivity index (χ4v) is 11.0. The van der Waals surface area contributed by atoms with Gasteiger partial charge in [0.05, 0.1) is 33.8 Å². The number of piperazine rings is 1. The van der Waals surface area contributed by atoms with Crippen LogP contribution >= 0.6 is 0 Å². The number of aliphatic hydroxyl groups is 1. The minimum atomic E-state index is -0.0474. The maximum Gasteiger partial charge on any atom is 0.220 e. The highest BCUT2D eigenvalue weighted by Crippen LogP contribution is 2.68. The Labute approximate surface area is 240 Å². The molecule has 0 bridgehead atoms. The Morgan fingerprint density at radius 2 is 1.62 bits per heavy atom. The average molecular weight is 546 g/mol. The number of fused-ring (bicyclic) bond motifs is 5. The fraction of sp³-hybridized carbons (Fsp3) is 0.971. The normalized spacial score (nSPS) is 43.6. The summed E-state index contributed by atoms with van der Waals surface area (Å²) in [6.07, 6.45) is 14.4. The van der Waals surface area contributed by atoms with E-state index in [9.17, 15) is 9.90 Å². The highest BCUT2D eigenvalue weighted by Gasteiger charge is 2.60. The lowest BCUT2D eigenvalue weighted by molar-refractivity contribution is -1.01. The Bertz CT molecular complexity index is 865. The second kappa shape index (κ2) is 11.2. The zero-order valence-corrected chi connectivity index (χ0v) is 26.5. The molecule has 0 aromatic heterocycles. The number of nitrogens with zero attached hydrogens (tertiary/aromatic N) is 2. The summed E-state index contributed by atoms with van der Waals surface area (Å²) in [5, 5.41) is 13.6. The molecule has 5 fully saturated rings. The van der Waals surface area contributed by atoms with Crippen LogP contribution in [0.25, 0.3) is 0 Å². The number of hydrogen-bond acceptors (Lipinski definition) is 2. The molecule has 4 saturated carbocycles. The van der Waals surface area contributed by atoms with Gasteiger partial charge in [0.2, 0.25) is 5.91 Å². The minimum Gasteiger partial charge on any atom is -0.393 e. The Kier molecular flexibility index (Phi) is 8.57. The molecule has 1 saturated heterocycles. The maximum absolute atomic E-state index is 12.8. The molecule has 0 aromatic rings. The van der Waals surface area contributed by atoms with Crippen LogP contribution in [0.15, 0.2) is 0 Å². The number of rotatable bonds is 8. The molecule has 5 nitrogen and oxygen atoms in total. The van der Waals surface area contributed by atoms with Crippen molar-refractivity contribution >= 4 is 5.91 Å². The highest BCUT2D eigenvalue weighted by molar-refractivity contribution is 5.75. The van der Waals surface area contributed by atoms with Gasteiger partial charge in [0.15, 0.2) is 0 Å². The molecule has 39 heavy (non-hydrogen) atoms. The lowest BCUT2D eigenvalue weighted by atomic mass is 9.44. The van der Waals surface area contributed by atoms with Gasteiger partial charge >= 0.3 is 0 Å². The largest absolute Gasteiger partial charge is 0.393 e. The van der Waals surface area contributed by atoms with Gasteiger partial charge in [-0.1, -0.05) is 20.8 Å². The molecule has 1 heterocycles. The van der Waals surface area contributed by atoms with E-state index < -0.39 is 0 Å². The summed E-state index contributed by atoms with van der Waals surface area (Å²) in [4.78, 5) is 12.8. The SMILES string of the molecule is C[C@H](CCC(=O)NCCC[N+]1(C)CC[N+](C)(C)CC1)[C@H]1CC[C@H]2[C@@H]3CC[C@@H]4C[C@H](O)CC[C@]4(C)[C@H]3CC[C@]12C. The van der Waals surface area contributed by atoms with Gasteiger partial charge in [-0.2, -0.15) is 0 Å².